The first-order valence-corrected chi connectivity index (χ1v) is 12.0. The molecule has 0 fully saturated rings. The molecule has 1 unspecified atom stereocenters. The molecule has 4 rings (SSSR count). The van der Waals surface area contributed by atoms with E-state index in [9.17, 15) is 18.0 Å². The number of hydrogen-bond donors (Lipinski definition) is 3. The molecule has 1 aromatic carbocycles. The average molecular weight is 447 g/mol. The van der Waals surface area contributed by atoms with Crippen LogP contribution in [0.3, 0.4) is 0 Å². The molecule has 1 aliphatic heterocycles. The Balaban J connectivity index is 1.29. The number of rotatable bonds is 4. The van der Waals surface area contributed by atoms with Gasteiger partial charge in [-0.15, -0.1) is 11.3 Å². The Kier molecular flexibility index (Phi) is 5.61. The van der Waals surface area contributed by atoms with Crippen LogP contribution in [0.15, 0.2) is 40.2 Å². The Hall–Kier alpha value is -2.72. The largest absolute Gasteiger partial charge is 0.279 e. The first kappa shape index (κ1) is 20.5. The van der Waals surface area contributed by atoms with Crippen LogP contribution in [0.4, 0.5) is 0 Å². The van der Waals surface area contributed by atoms with Gasteiger partial charge in [0.2, 0.25) is 5.91 Å². The van der Waals surface area contributed by atoms with Gasteiger partial charge >= 0.3 is 0 Å². The Morgan fingerprint density at radius 3 is 2.90 bits per heavy atom. The van der Waals surface area contributed by atoms with Crippen LogP contribution < -0.4 is 15.6 Å². The highest BCUT2D eigenvalue weighted by Crippen LogP contribution is 2.32. The first-order valence-electron chi connectivity index (χ1n) is 9.71. The lowest BCUT2D eigenvalue weighted by molar-refractivity contribution is -0.121. The van der Waals surface area contributed by atoms with Crippen molar-refractivity contribution in [3.63, 3.8) is 0 Å². The normalized spacial score (nSPS) is 20.2. The van der Waals surface area contributed by atoms with E-state index < -0.39 is 15.9 Å². The second kappa shape index (κ2) is 8.19. The number of hydrazine groups is 1. The highest BCUT2D eigenvalue weighted by atomic mass is 32.2. The van der Waals surface area contributed by atoms with Gasteiger partial charge < -0.3 is 0 Å². The molecule has 1 aliphatic carbocycles. The minimum atomic E-state index is -3.60. The fraction of sp³-hybridized carbons (Fsp3) is 0.350. The molecule has 30 heavy (non-hydrogen) atoms. The number of aryl methyl sites for hydroxylation is 1. The number of fused-ring (bicyclic) bond motifs is 2. The maximum atomic E-state index is 12.3. The summed E-state index contributed by atoms with van der Waals surface area (Å²) in [6.07, 6.45) is 3.12. The van der Waals surface area contributed by atoms with Crippen LogP contribution in [0.2, 0.25) is 0 Å². The minimum absolute atomic E-state index is 0.00608. The summed E-state index contributed by atoms with van der Waals surface area (Å²) in [6.45, 7) is 2.29. The fourth-order valence-corrected chi connectivity index (χ4v) is 5.94. The van der Waals surface area contributed by atoms with Gasteiger partial charge in [-0.3, -0.25) is 30.2 Å². The molecule has 0 spiro atoms. The monoisotopic (exact) mass is 446 g/mol. The highest BCUT2D eigenvalue weighted by molar-refractivity contribution is 7.90. The fourth-order valence-electron chi connectivity index (χ4n) is 3.59. The zero-order valence-electron chi connectivity index (χ0n) is 16.4. The van der Waals surface area contributed by atoms with Crippen molar-refractivity contribution in [2.45, 2.75) is 37.5 Å². The molecule has 2 aliphatic rings. The molecule has 8 nitrogen and oxygen atoms in total. The molecule has 2 heterocycles. The van der Waals surface area contributed by atoms with E-state index in [-0.39, 0.29) is 29.6 Å². The van der Waals surface area contributed by atoms with Crippen LogP contribution >= 0.6 is 11.3 Å². The predicted octanol–water partition coefficient (Wildman–Crippen LogP) is 1.76. The highest BCUT2D eigenvalue weighted by Gasteiger charge is 2.30. The molecular weight excluding hydrogens is 424 g/mol. The second-order valence-electron chi connectivity index (χ2n) is 7.49. The predicted molar refractivity (Wildman–Crippen MR) is 114 cm³/mol. The van der Waals surface area contributed by atoms with Crippen molar-refractivity contribution >= 4 is 39.0 Å². The Bertz CT molecular complexity index is 1140. The number of nitrogens with zero attached hydrogens (tertiary/aromatic N) is 1. The van der Waals surface area contributed by atoms with E-state index in [4.69, 9.17) is 0 Å². The number of carbonyl (C=O) groups excluding carboxylic acids is 2. The summed E-state index contributed by atoms with van der Waals surface area (Å²) in [7, 11) is -3.60. The van der Waals surface area contributed by atoms with Gasteiger partial charge in [-0.2, -0.15) is 0 Å². The van der Waals surface area contributed by atoms with Crippen LogP contribution in [-0.4, -0.2) is 32.6 Å². The third-order valence-electron chi connectivity index (χ3n) is 5.14. The van der Waals surface area contributed by atoms with Crippen LogP contribution in [0.1, 0.15) is 45.4 Å². The van der Waals surface area contributed by atoms with Crippen molar-refractivity contribution in [1.82, 2.24) is 15.6 Å². The third kappa shape index (κ3) is 4.24. The number of hydrogen-bond acceptors (Lipinski definition) is 6. The number of sulfonamides is 1. The number of carbonyl (C=O) groups is 2. The van der Waals surface area contributed by atoms with Crippen LogP contribution in [-0.2, 0) is 27.7 Å². The lowest BCUT2D eigenvalue weighted by Crippen LogP contribution is -2.41. The first-order chi connectivity index (χ1) is 14.3. The van der Waals surface area contributed by atoms with Crippen LogP contribution in [0.25, 0.3) is 0 Å². The van der Waals surface area contributed by atoms with E-state index in [2.05, 4.69) is 27.5 Å². The van der Waals surface area contributed by atoms with Gasteiger partial charge in [0.25, 0.3) is 15.9 Å². The maximum absolute atomic E-state index is 12.3. The number of benzene rings is 1. The van der Waals surface area contributed by atoms with E-state index in [0.717, 1.165) is 19.3 Å². The van der Waals surface area contributed by atoms with E-state index in [0.29, 0.717) is 16.4 Å². The minimum Gasteiger partial charge on any atom is -0.273 e. The van der Waals surface area contributed by atoms with Crippen LogP contribution in [0.5, 0.6) is 0 Å². The zero-order chi connectivity index (χ0) is 21.3. The van der Waals surface area contributed by atoms with Gasteiger partial charge in [0.15, 0.2) is 0 Å². The summed E-state index contributed by atoms with van der Waals surface area (Å²) in [5.74, 6) is 0.109. The van der Waals surface area contributed by atoms with Gasteiger partial charge in [-0.25, -0.2) is 8.42 Å². The standard InChI is InChI=1S/C20H22N4O4S2/c1-12-6-7-15-13(10-12)11-16(29-15)20(26)23-22-18(25)8-9-21-19-14-4-2-3-5-17(14)30(27,28)24-19/h2-5,11-12H,6-10H2,1H3,(H,21,24)(H,22,25)(H,23,26). The molecule has 1 aromatic heterocycles. The molecule has 0 radical (unpaired) electrons. The summed E-state index contributed by atoms with van der Waals surface area (Å²) in [5, 5.41) is 0. The molecule has 1 atom stereocenters. The summed E-state index contributed by atoms with van der Waals surface area (Å²) < 4.78 is 26.5. The van der Waals surface area contributed by atoms with E-state index >= 15 is 0 Å². The summed E-state index contributed by atoms with van der Waals surface area (Å²) >= 11 is 1.47. The molecule has 2 amide bonds. The number of thiophene rings is 1. The summed E-state index contributed by atoms with van der Waals surface area (Å²) in [6, 6.07) is 8.44. The van der Waals surface area contributed by atoms with E-state index in [1.54, 1.807) is 18.2 Å². The summed E-state index contributed by atoms with van der Waals surface area (Å²) in [5.41, 5.74) is 6.54. The van der Waals surface area contributed by atoms with Gasteiger partial charge in [-0.05, 0) is 48.9 Å². The average Bonchev–Trinajstić information content (AvgIpc) is 3.25. The Morgan fingerprint density at radius 1 is 1.27 bits per heavy atom. The lowest BCUT2D eigenvalue weighted by Gasteiger charge is -2.16. The van der Waals surface area contributed by atoms with Gasteiger partial charge in [-0.1, -0.05) is 19.1 Å². The number of nitrogens with one attached hydrogen (secondary N) is 3. The Morgan fingerprint density at radius 2 is 2.07 bits per heavy atom. The number of amides is 2. The topological polar surface area (TPSA) is 117 Å². The molecule has 10 heteroatoms. The van der Waals surface area contributed by atoms with Crippen molar-refractivity contribution in [1.29, 1.82) is 0 Å². The second-order valence-corrected chi connectivity index (χ2v) is 10.3. The SMILES string of the molecule is CC1CCc2sc(C(=O)NNC(=O)CCN=C3NS(=O)(=O)c4ccccc43)cc2C1. The van der Waals surface area contributed by atoms with Gasteiger partial charge in [0.05, 0.1) is 16.3 Å². The van der Waals surface area contributed by atoms with Crippen molar-refractivity contribution in [2.75, 3.05) is 6.54 Å². The molecule has 0 bridgehead atoms. The zero-order valence-corrected chi connectivity index (χ0v) is 18.0. The van der Waals surface area contributed by atoms with Gasteiger partial charge in [0, 0.05) is 16.9 Å². The molecule has 3 N–H and O–H groups in total. The summed E-state index contributed by atoms with van der Waals surface area (Å²) in [4.78, 5) is 30.6. The number of amidine groups is 1. The lowest BCUT2D eigenvalue weighted by atomic mass is 9.90. The Labute approximate surface area is 178 Å². The smallest absolute Gasteiger partial charge is 0.273 e. The number of aliphatic imine (C=N–C) groups is 1. The molecule has 0 saturated carbocycles. The van der Waals surface area contributed by atoms with E-state index in [1.807, 2.05) is 6.07 Å². The van der Waals surface area contributed by atoms with Crippen molar-refractivity contribution in [3.8, 4) is 0 Å². The molecule has 158 valence electrons. The van der Waals surface area contributed by atoms with Crippen molar-refractivity contribution in [3.05, 3.63) is 51.2 Å². The molecular formula is C20H22N4O4S2. The van der Waals surface area contributed by atoms with Crippen molar-refractivity contribution in [2.24, 2.45) is 10.9 Å². The quantitative estimate of drug-likeness (QED) is 0.621. The van der Waals surface area contributed by atoms with E-state index in [1.165, 1.54) is 27.8 Å². The third-order valence-corrected chi connectivity index (χ3v) is 7.77. The molecule has 0 saturated heterocycles. The maximum Gasteiger partial charge on any atom is 0.279 e. The van der Waals surface area contributed by atoms with Crippen LogP contribution in [0, 0.1) is 5.92 Å². The van der Waals surface area contributed by atoms with Gasteiger partial charge in [0.1, 0.15) is 5.84 Å². The molecule has 2 aromatic rings. The van der Waals surface area contributed by atoms with Crippen molar-refractivity contribution < 1.29 is 18.0 Å².